The maximum atomic E-state index is 10.2. The molecule has 0 bridgehead atoms. The van der Waals surface area contributed by atoms with Crippen molar-refractivity contribution in [3.05, 3.63) is 0 Å². The van der Waals surface area contributed by atoms with Crippen LogP contribution in [0.3, 0.4) is 0 Å². The molecule has 0 aromatic carbocycles. The van der Waals surface area contributed by atoms with Gasteiger partial charge in [0.1, 0.15) is 6.10 Å². The minimum Gasteiger partial charge on any atom is -0.396 e. The van der Waals surface area contributed by atoms with Gasteiger partial charge < -0.3 is 19.7 Å². The minimum atomic E-state index is -0.891. The van der Waals surface area contributed by atoms with E-state index in [0.29, 0.717) is 12.9 Å². The molecular weight excluding hydrogens is 148 g/mol. The number of carbonyl (C=O) groups is 1. The Morgan fingerprint density at radius 2 is 2.27 bits per heavy atom. The molecule has 66 valence electrons. The van der Waals surface area contributed by atoms with Crippen molar-refractivity contribution in [2.24, 2.45) is 0 Å². The Kier molecular flexibility index (Phi) is 6.02. The summed E-state index contributed by atoms with van der Waals surface area (Å²) in [7, 11) is 0. The molecule has 0 aliphatic rings. The number of carbonyl (C=O) groups excluding carboxylic acids is 1. The number of rotatable bonds is 6. The molecule has 0 saturated heterocycles. The first kappa shape index (κ1) is 10.6. The third-order valence-electron chi connectivity index (χ3n) is 1.30. The van der Waals surface area contributed by atoms with E-state index >= 15 is 0 Å². The van der Waals surface area contributed by atoms with Crippen LogP contribution in [-0.4, -0.2) is 41.9 Å². The predicted molar refractivity (Wildman–Crippen MR) is 39.2 cm³/mol. The zero-order valence-corrected chi connectivity index (χ0v) is 6.56. The summed E-state index contributed by atoms with van der Waals surface area (Å²) in [5.74, 6) is 0. The van der Waals surface area contributed by atoms with Gasteiger partial charge in [-0.25, -0.2) is 0 Å². The standard InChI is InChI=1S/C7H14O4/c1-2-11-7(5-9)6(10)3-4-8/h5-8,10H,2-4H2,1H3/t6?,7-/m0/s1. The van der Waals surface area contributed by atoms with E-state index in [2.05, 4.69) is 0 Å². The van der Waals surface area contributed by atoms with Gasteiger partial charge in [0.05, 0.1) is 6.10 Å². The molecule has 0 radical (unpaired) electrons. The summed E-state index contributed by atoms with van der Waals surface area (Å²) in [6.07, 6.45) is -0.975. The molecule has 0 rings (SSSR count). The summed E-state index contributed by atoms with van der Waals surface area (Å²) in [6, 6.07) is 0. The third-order valence-corrected chi connectivity index (χ3v) is 1.30. The quantitative estimate of drug-likeness (QED) is 0.508. The van der Waals surface area contributed by atoms with Crippen molar-refractivity contribution in [3.8, 4) is 0 Å². The van der Waals surface area contributed by atoms with E-state index in [1.165, 1.54) is 0 Å². The molecule has 0 spiro atoms. The van der Waals surface area contributed by atoms with Gasteiger partial charge >= 0.3 is 0 Å². The Bertz CT molecular complexity index is 105. The Morgan fingerprint density at radius 3 is 2.64 bits per heavy atom. The molecule has 0 aliphatic carbocycles. The van der Waals surface area contributed by atoms with Gasteiger partial charge in [-0.1, -0.05) is 0 Å². The molecule has 0 aliphatic heterocycles. The van der Waals surface area contributed by atoms with Gasteiger partial charge in [-0.2, -0.15) is 0 Å². The zero-order chi connectivity index (χ0) is 8.69. The van der Waals surface area contributed by atoms with E-state index in [1.807, 2.05) is 0 Å². The van der Waals surface area contributed by atoms with Crippen molar-refractivity contribution in [2.75, 3.05) is 13.2 Å². The topological polar surface area (TPSA) is 66.8 Å². The van der Waals surface area contributed by atoms with Crippen molar-refractivity contribution in [2.45, 2.75) is 25.6 Å². The van der Waals surface area contributed by atoms with Gasteiger partial charge in [-0.05, 0) is 13.3 Å². The van der Waals surface area contributed by atoms with Crippen LogP contribution in [0.5, 0.6) is 0 Å². The summed E-state index contributed by atoms with van der Waals surface area (Å²) in [6.45, 7) is 1.98. The molecule has 4 nitrogen and oxygen atoms in total. The van der Waals surface area contributed by atoms with Crippen molar-refractivity contribution in [1.82, 2.24) is 0 Å². The van der Waals surface area contributed by atoms with E-state index < -0.39 is 12.2 Å². The lowest BCUT2D eigenvalue weighted by atomic mass is 10.1. The molecule has 0 aromatic rings. The summed E-state index contributed by atoms with van der Waals surface area (Å²) < 4.78 is 4.88. The molecule has 0 aromatic heterocycles. The van der Waals surface area contributed by atoms with Crippen LogP contribution in [0.1, 0.15) is 13.3 Å². The summed E-state index contributed by atoms with van der Waals surface area (Å²) in [5, 5.41) is 17.5. The van der Waals surface area contributed by atoms with E-state index in [0.717, 1.165) is 0 Å². The van der Waals surface area contributed by atoms with Gasteiger partial charge in [0, 0.05) is 13.2 Å². The normalized spacial score (nSPS) is 15.9. The number of aldehydes is 1. The number of hydrogen-bond acceptors (Lipinski definition) is 4. The molecule has 4 heteroatoms. The summed E-state index contributed by atoms with van der Waals surface area (Å²) in [5.41, 5.74) is 0. The van der Waals surface area contributed by atoms with Gasteiger partial charge in [0.15, 0.2) is 6.29 Å². The maximum Gasteiger partial charge on any atom is 0.151 e. The Labute approximate surface area is 65.8 Å². The number of aliphatic hydroxyl groups excluding tert-OH is 2. The van der Waals surface area contributed by atoms with Crippen LogP contribution in [0.4, 0.5) is 0 Å². The number of ether oxygens (including phenoxy) is 1. The molecule has 0 fully saturated rings. The van der Waals surface area contributed by atoms with Crippen molar-refractivity contribution >= 4 is 6.29 Å². The average molecular weight is 162 g/mol. The van der Waals surface area contributed by atoms with Crippen LogP contribution in [0, 0.1) is 0 Å². The van der Waals surface area contributed by atoms with Crippen LogP contribution in [0.15, 0.2) is 0 Å². The first-order valence-corrected chi connectivity index (χ1v) is 3.62. The average Bonchev–Trinajstić information content (AvgIpc) is 2.00. The number of aliphatic hydroxyl groups is 2. The summed E-state index contributed by atoms with van der Waals surface area (Å²) >= 11 is 0. The second kappa shape index (κ2) is 6.27. The first-order chi connectivity index (χ1) is 5.26. The third kappa shape index (κ3) is 4.08. The van der Waals surface area contributed by atoms with Crippen molar-refractivity contribution in [1.29, 1.82) is 0 Å². The maximum absolute atomic E-state index is 10.2. The highest BCUT2D eigenvalue weighted by Gasteiger charge is 2.17. The summed E-state index contributed by atoms with van der Waals surface area (Å²) in [4.78, 5) is 10.2. The van der Waals surface area contributed by atoms with Crippen molar-refractivity contribution in [3.63, 3.8) is 0 Å². The molecule has 0 heterocycles. The van der Waals surface area contributed by atoms with Gasteiger partial charge in [0.2, 0.25) is 0 Å². The van der Waals surface area contributed by atoms with Crippen LogP contribution in [-0.2, 0) is 9.53 Å². The second-order valence-corrected chi connectivity index (χ2v) is 2.14. The minimum absolute atomic E-state index is 0.140. The lowest BCUT2D eigenvalue weighted by molar-refractivity contribution is -0.125. The largest absolute Gasteiger partial charge is 0.396 e. The number of hydrogen-bond donors (Lipinski definition) is 2. The second-order valence-electron chi connectivity index (χ2n) is 2.14. The van der Waals surface area contributed by atoms with Crippen LogP contribution < -0.4 is 0 Å². The zero-order valence-electron chi connectivity index (χ0n) is 6.56. The molecule has 0 amide bonds. The fourth-order valence-electron chi connectivity index (χ4n) is 0.730. The molecule has 1 unspecified atom stereocenters. The van der Waals surface area contributed by atoms with E-state index in [-0.39, 0.29) is 13.0 Å². The highest BCUT2D eigenvalue weighted by Crippen LogP contribution is 2.00. The highest BCUT2D eigenvalue weighted by atomic mass is 16.5. The van der Waals surface area contributed by atoms with E-state index in [9.17, 15) is 4.79 Å². The monoisotopic (exact) mass is 162 g/mol. The molecule has 11 heavy (non-hydrogen) atoms. The fraction of sp³-hybridized carbons (Fsp3) is 0.857. The lowest BCUT2D eigenvalue weighted by Crippen LogP contribution is -2.31. The first-order valence-electron chi connectivity index (χ1n) is 3.62. The highest BCUT2D eigenvalue weighted by molar-refractivity contribution is 5.56. The fourth-order valence-corrected chi connectivity index (χ4v) is 0.730. The van der Waals surface area contributed by atoms with Crippen LogP contribution in [0.2, 0.25) is 0 Å². The Hall–Kier alpha value is -0.450. The molecule has 2 N–H and O–H groups in total. The predicted octanol–water partition coefficient (Wildman–Crippen LogP) is -0.666. The Morgan fingerprint density at radius 1 is 1.64 bits per heavy atom. The van der Waals surface area contributed by atoms with Gasteiger partial charge in [0.25, 0.3) is 0 Å². The van der Waals surface area contributed by atoms with E-state index in [1.54, 1.807) is 6.92 Å². The van der Waals surface area contributed by atoms with E-state index in [4.69, 9.17) is 14.9 Å². The van der Waals surface area contributed by atoms with Gasteiger partial charge in [-0.15, -0.1) is 0 Å². The smallest absolute Gasteiger partial charge is 0.151 e. The lowest BCUT2D eigenvalue weighted by Gasteiger charge is -2.15. The molecule has 0 saturated carbocycles. The Balaban J connectivity index is 3.70. The van der Waals surface area contributed by atoms with Crippen LogP contribution >= 0.6 is 0 Å². The SMILES string of the molecule is CCO[C@@H](C=O)C(O)CCO. The van der Waals surface area contributed by atoms with Gasteiger partial charge in [-0.3, -0.25) is 0 Å². The van der Waals surface area contributed by atoms with Crippen LogP contribution in [0.25, 0.3) is 0 Å². The molecular formula is C7H14O4. The van der Waals surface area contributed by atoms with Crippen molar-refractivity contribution < 1.29 is 19.7 Å². The molecule has 2 atom stereocenters.